The second-order valence-corrected chi connectivity index (χ2v) is 10.5. The first-order valence-corrected chi connectivity index (χ1v) is 12.6. The first-order chi connectivity index (χ1) is 15.5. The Balaban J connectivity index is 1.90. The molecule has 2 atom stereocenters. The highest BCUT2D eigenvalue weighted by atomic mass is 32.2. The highest BCUT2D eigenvalue weighted by Crippen LogP contribution is 2.29. The molecular formula is C21H27F2N3O6S. The minimum atomic E-state index is -3.93. The van der Waals surface area contributed by atoms with Crippen molar-refractivity contribution in [2.45, 2.75) is 50.7 Å². The minimum Gasteiger partial charge on any atom is -0.481 e. The van der Waals surface area contributed by atoms with Crippen LogP contribution < -0.4 is 5.32 Å². The lowest BCUT2D eigenvalue weighted by Gasteiger charge is -2.33. The molecule has 3 rings (SSSR count). The number of hydrogen-bond acceptors (Lipinski definition) is 5. The van der Waals surface area contributed by atoms with Crippen molar-refractivity contribution in [3.63, 3.8) is 0 Å². The average Bonchev–Trinajstić information content (AvgIpc) is 3.18. The molecule has 2 unspecified atom stereocenters. The Kier molecular flexibility index (Phi) is 7.68. The third kappa shape index (κ3) is 6.05. The fraction of sp³-hybridized carbons (Fsp3) is 0.571. The van der Waals surface area contributed by atoms with Crippen LogP contribution in [0.2, 0.25) is 0 Å². The van der Waals surface area contributed by atoms with Crippen molar-refractivity contribution in [1.82, 2.24) is 14.5 Å². The van der Waals surface area contributed by atoms with E-state index in [9.17, 15) is 36.7 Å². The molecule has 1 saturated carbocycles. The number of carboxylic acid groups (broad SMARTS) is 1. The summed E-state index contributed by atoms with van der Waals surface area (Å²) in [5, 5.41) is 12.0. The maximum Gasteiger partial charge on any atom is 0.305 e. The second kappa shape index (κ2) is 10.1. The van der Waals surface area contributed by atoms with Crippen LogP contribution in [0.3, 0.4) is 0 Å². The van der Waals surface area contributed by atoms with Crippen LogP contribution in [0.15, 0.2) is 18.2 Å². The highest BCUT2D eigenvalue weighted by molar-refractivity contribution is 7.88. The molecule has 1 aliphatic heterocycles. The van der Waals surface area contributed by atoms with Crippen LogP contribution in [-0.4, -0.2) is 72.1 Å². The van der Waals surface area contributed by atoms with Crippen molar-refractivity contribution in [3.05, 3.63) is 35.4 Å². The van der Waals surface area contributed by atoms with Gasteiger partial charge in [0.1, 0.15) is 11.6 Å². The average molecular weight is 488 g/mol. The van der Waals surface area contributed by atoms with E-state index in [1.807, 2.05) is 0 Å². The summed E-state index contributed by atoms with van der Waals surface area (Å²) in [6.45, 7) is -0.359. The van der Waals surface area contributed by atoms with Gasteiger partial charge in [0.2, 0.25) is 10.0 Å². The van der Waals surface area contributed by atoms with E-state index in [4.69, 9.17) is 0 Å². The van der Waals surface area contributed by atoms with E-state index >= 15 is 0 Å². The summed E-state index contributed by atoms with van der Waals surface area (Å²) >= 11 is 0. The molecule has 1 aromatic rings. The minimum absolute atomic E-state index is 0.0895. The SMILES string of the molecule is CS(=O)(=O)N1CCN(C(=O)c2cc(F)cc(F)c2)C1C(=O)NC(CC(=O)O)C1CCCCC1. The van der Waals surface area contributed by atoms with Gasteiger partial charge in [0.25, 0.3) is 11.8 Å². The summed E-state index contributed by atoms with van der Waals surface area (Å²) in [6.07, 6.45) is 3.20. The van der Waals surface area contributed by atoms with Crippen LogP contribution in [0.1, 0.15) is 48.9 Å². The molecule has 1 aliphatic carbocycles. The second-order valence-electron chi connectivity index (χ2n) is 8.52. The third-order valence-corrected chi connectivity index (χ3v) is 7.34. The fourth-order valence-electron chi connectivity index (χ4n) is 4.60. The Bertz CT molecular complexity index is 1010. The van der Waals surface area contributed by atoms with Gasteiger partial charge in [-0.2, -0.15) is 4.31 Å². The van der Waals surface area contributed by atoms with Gasteiger partial charge in [0.15, 0.2) is 6.17 Å². The Hall–Kier alpha value is -2.60. The molecule has 2 aliphatic rings. The molecule has 1 heterocycles. The van der Waals surface area contributed by atoms with Crippen molar-refractivity contribution in [1.29, 1.82) is 0 Å². The summed E-state index contributed by atoms with van der Waals surface area (Å²) in [5.41, 5.74) is -0.366. The maximum absolute atomic E-state index is 13.6. The molecule has 1 aromatic carbocycles. The monoisotopic (exact) mass is 487 g/mol. The lowest BCUT2D eigenvalue weighted by Crippen LogP contribution is -2.56. The quantitative estimate of drug-likeness (QED) is 0.601. The smallest absolute Gasteiger partial charge is 0.305 e. The molecule has 33 heavy (non-hydrogen) atoms. The van der Waals surface area contributed by atoms with Gasteiger partial charge in [-0.25, -0.2) is 17.2 Å². The standard InChI is InChI=1S/C21H27F2N3O6S/c1-33(31,32)26-8-7-25(21(30)14-9-15(22)11-16(23)10-14)20(26)19(29)24-17(12-18(27)28)13-5-3-2-4-6-13/h9-11,13,17,20H,2-8,12H2,1H3,(H,24,29)(H,27,28). The van der Waals surface area contributed by atoms with Gasteiger partial charge in [-0.1, -0.05) is 19.3 Å². The number of nitrogens with zero attached hydrogens (tertiary/aromatic N) is 2. The number of nitrogens with one attached hydrogen (secondary N) is 1. The van der Waals surface area contributed by atoms with Gasteiger partial charge in [-0.3, -0.25) is 14.4 Å². The van der Waals surface area contributed by atoms with Gasteiger partial charge in [0.05, 0.1) is 12.7 Å². The number of hydrogen-bond donors (Lipinski definition) is 2. The van der Waals surface area contributed by atoms with Gasteiger partial charge in [-0.15, -0.1) is 0 Å². The first-order valence-electron chi connectivity index (χ1n) is 10.7. The van der Waals surface area contributed by atoms with E-state index in [1.165, 1.54) is 0 Å². The number of rotatable bonds is 7. The lowest BCUT2D eigenvalue weighted by atomic mass is 9.82. The molecule has 2 amide bonds. The largest absolute Gasteiger partial charge is 0.481 e. The summed E-state index contributed by atoms with van der Waals surface area (Å²) in [4.78, 5) is 38.6. The molecule has 0 bridgehead atoms. The fourth-order valence-corrected chi connectivity index (χ4v) is 5.58. The number of benzene rings is 1. The van der Waals surface area contributed by atoms with Gasteiger partial charge in [0, 0.05) is 30.8 Å². The van der Waals surface area contributed by atoms with E-state index in [2.05, 4.69) is 5.32 Å². The number of halogens is 2. The van der Waals surface area contributed by atoms with Gasteiger partial charge < -0.3 is 15.3 Å². The Morgan fingerprint density at radius 3 is 2.24 bits per heavy atom. The lowest BCUT2D eigenvalue weighted by molar-refractivity contribution is -0.138. The summed E-state index contributed by atoms with van der Waals surface area (Å²) < 4.78 is 52.8. The summed E-state index contributed by atoms with van der Waals surface area (Å²) in [6, 6.07) is 1.47. The zero-order valence-corrected chi connectivity index (χ0v) is 19.0. The number of carbonyl (C=O) groups excluding carboxylic acids is 2. The molecular weight excluding hydrogens is 460 g/mol. The molecule has 2 N–H and O–H groups in total. The maximum atomic E-state index is 13.6. The van der Waals surface area contributed by atoms with Crippen LogP contribution in [0, 0.1) is 17.6 Å². The normalized spacial score (nSPS) is 21.1. The first kappa shape index (κ1) is 25.0. The third-order valence-electron chi connectivity index (χ3n) is 6.10. The van der Waals surface area contributed by atoms with E-state index in [0.29, 0.717) is 6.07 Å². The van der Waals surface area contributed by atoms with E-state index in [0.717, 1.165) is 59.7 Å². The summed E-state index contributed by atoms with van der Waals surface area (Å²) in [7, 11) is -3.93. The van der Waals surface area contributed by atoms with Crippen LogP contribution in [0.5, 0.6) is 0 Å². The van der Waals surface area contributed by atoms with Gasteiger partial charge in [-0.05, 0) is 30.9 Å². The topological polar surface area (TPSA) is 124 Å². The number of amides is 2. The van der Waals surface area contributed by atoms with Crippen LogP contribution in [0.25, 0.3) is 0 Å². The molecule has 0 aromatic heterocycles. The van der Waals surface area contributed by atoms with Crippen molar-refractivity contribution in [2.75, 3.05) is 19.3 Å². The predicted molar refractivity (Wildman–Crippen MR) is 113 cm³/mol. The predicted octanol–water partition coefficient (Wildman–Crippen LogP) is 1.55. The Morgan fingerprint density at radius 1 is 1.09 bits per heavy atom. The molecule has 2 fully saturated rings. The van der Waals surface area contributed by atoms with Crippen LogP contribution in [-0.2, 0) is 19.6 Å². The number of sulfonamides is 1. The molecule has 9 nitrogen and oxygen atoms in total. The van der Waals surface area contributed by atoms with Crippen molar-refractivity contribution in [2.24, 2.45) is 5.92 Å². The van der Waals surface area contributed by atoms with E-state index in [1.54, 1.807) is 0 Å². The highest BCUT2D eigenvalue weighted by Gasteiger charge is 2.45. The Morgan fingerprint density at radius 2 is 1.70 bits per heavy atom. The zero-order chi connectivity index (χ0) is 24.3. The number of carbonyl (C=O) groups is 3. The summed E-state index contributed by atoms with van der Waals surface area (Å²) in [5.74, 6) is -4.93. The zero-order valence-electron chi connectivity index (χ0n) is 18.2. The molecule has 0 radical (unpaired) electrons. The Labute approximate surface area is 190 Å². The molecule has 182 valence electrons. The van der Waals surface area contributed by atoms with E-state index < -0.39 is 51.6 Å². The van der Waals surface area contributed by atoms with Crippen molar-refractivity contribution in [3.8, 4) is 0 Å². The van der Waals surface area contributed by atoms with Gasteiger partial charge >= 0.3 is 5.97 Å². The van der Waals surface area contributed by atoms with Crippen molar-refractivity contribution >= 4 is 27.8 Å². The molecule has 12 heteroatoms. The number of aliphatic carboxylic acids is 1. The van der Waals surface area contributed by atoms with Crippen molar-refractivity contribution < 1.29 is 36.7 Å². The molecule has 0 spiro atoms. The molecule has 1 saturated heterocycles. The van der Waals surface area contributed by atoms with E-state index in [-0.39, 0.29) is 31.0 Å². The number of carboxylic acids is 1. The van der Waals surface area contributed by atoms with Crippen LogP contribution >= 0.6 is 0 Å². The van der Waals surface area contributed by atoms with Crippen LogP contribution in [0.4, 0.5) is 8.78 Å².